The van der Waals surface area contributed by atoms with Gasteiger partial charge in [-0.1, -0.05) is 0 Å². The fourth-order valence-corrected chi connectivity index (χ4v) is 1.27. The third-order valence-corrected chi connectivity index (χ3v) is 2.22. The number of hydrogen-bond acceptors (Lipinski definition) is 9. The van der Waals surface area contributed by atoms with E-state index >= 15 is 0 Å². The predicted molar refractivity (Wildman–Crippen MR) is 72.1 cm³/mol. The summed E-state index contributed by atoms with van der Waals surface area (Å²) in [6.07, 6.45) is 1.00. The Bertz CT molecular complexity index is 445. The van der Waals surface area contributed by atoms with Gasteiger partial charge in [0.1, 0.15) is 12.8 Å². The second-order valence-corrected chi connectivity index (χ2v) is 3.74. The van der Waals surface area contributed by atoms with Crippen molar-refractivity contribution in [2.75, 3.05) is 52.5 Å². The number of nitrogens with two attached hydrogens (primary N) is 1. The molecule has 0 aromatic carbocycles. The fraction of sp³-hybridized carbons (Fsp3) is 0.636. The normalized spacial score (nSPS) is 10.5. The Balaban J connectivity index is 2.21. The SMILES string of the molecule is COCCOCCOCCOc1nc(N)ncc1[N+](=O)[O-]. The number of anilines is 1. The molecule has 0 bridgehead atoms. The van der Waals surface area contributed by atoms with Crippen molar-refractivity contribution in [2.24, 2.45) is 0 Å². The molecule has 0 radical (unpaired) electrons. The van der Waals surface area contributed by atoms with Crippen molar-refractivity contribution >= 4 is 11.6 Å². The van der Waals surface area contributed by atoms with Gasteiger partial charge in [-0.2, -0.15) is 4.98 Å². The van der Waals surface area contributed by atoms with Crippen LogP contribution in [0.1, 0.15) is 0 Å². The monoisotopic (exact) mass is 302 g/mol. The number of ether oxygens (including phenoxy) is 4. The summed E-state index contributed by atoms with van der Waals surface area (Å²) in [4.78, 5) is 17.3. The van der Waals surface area contributed by atoms with Crippen molar-refractivity contribution in [3.05, 3.63) is 16.3 Å². The predicted octanol–water partition coefficient (Wildman–Crippen LogP) is 0.0254. The second kappa shape index (κ2) is 9.80. The Morgan fingerprint density at radius 1 is 1.19 bits per heavy atom. The molecule has 1 heterocycles. The number of aromatic nitrogens is 2. The molecule has 0 aliphatic rings. The average molecular weight is 302 g/mol. The number of rotatable bonds is 11. The zero-order chi connectivity index (χ0) is 15.5. The van der Waals surface area contributed by atoms with Crippen LogP contribution in [-0.2, 0) is 14.2 Å². The van der Waals surface area contributed by atoms with Crippen LogP contribution in [0, 0.1) is 10.1 Å². The lowest BCUT2D eigenvalue weighted by molar-refractivity contribution is -0.386. The third kappa shape index (κ3) is 6.79. The van der Waals surface area contributed by atoms with Crippen LogP contribution in [-0.4, -0.2) is 61.6 Å². The lowest BCUT2D eigenvalue weighted by Crippen LogP contribution is -2.13. The summed E-state index contributed by atoms with van der Waals surface area (Å²) < 4.78 is 20.4. The Kier molecular flexibility index (Phi) is 7.94. The second-order valence-electron chi connectivity index (χ2n) is 3.74. The van der Waals surface area contributed by atoms with Crippen molar-refractivity contribution < 1.29 is 23.9 Å². The molecule has 0 fully saturated rings. The Labute approximate surface area is 121 Å². The summed E-state index contributed by atoms with van der Waals surface area (Å²) in [7, 11) is 1.59. The van der Waals surface area contributed by atoms with E-state index in [2.05, 4.69) is 9.97 Å². The van der Waals surface area contributed by atoms with E-state index in [0.29, 0.717) is 26.4 Å². The first kappa shape index (κ1) is 17.0. The molecule has 1 rings (SSSR count). The minimum absolute atomic E-state index is 0.0944. The summed E-state index contributed by atoms with van der Waals surface area (Å²) in [5.74, 6) is -0.268. The molecule has 2 N–H and O–H groups in total. The highest BCUT2D eigenvalue weighted by Crippen LogP contribution is 2.23. The van der Waals surface area contributed by atoms with Crippen molar-refractivity contribution in [2.45, 2.75) is 0 Å². The Hall–Kier alpha value is -2.04. The molecule has 0 amide bonds. The maximum absolute atomic E-state index is 10.7. The van der Waals surface area contributed by atoms with Crippen molar-refractivity contribution in [3.63, 3.8) is 0 Å². The first-order chi connectivity index (χ1) is 10.1. The summed E-state index contributed by atoms with van der Waals surface area (Å²) in [5.41, 5.74) is 5.01. The number of methoxy groups -OCH3 is 1. The van der Waals surface area contributed by atoms with Crippen molar-refractivity contribution in [3.8, 4) is 5.88 Å². The van der Waals surface area contributed by atoms with Crippen LogP contribution in [0.2, 0.25) is 0 Å². The maximum Gasteiger partial charge on any atom is 0.349 e. The largest absolute Gasteiger partial charge is 0.470 e. The van der Waals surface area contributed by atoms with Crippen LogP contribution in [0.4, 0.5) is 11.6 Å². The minimum atomic E-state index is -0.640. The van der Waals surface area contributed by atoms with E-state index in [9.17, 15) is 10.1 Å². The quantitative estimate of drug-likeness (QED) is 0.341. The van der Waals surface area contributed by atoms with Gasteiger partial charge in [-0.15, -0.1) is 0 Å². The zero-order valence-corrected chi connectivity index (χ0v) is 11.7. The molecule has 0 atom stereocenters. The molecule has 0 aliphatic heterocycles. The molecule has 0 aliphatic carbocycles. The van der Waals surface area contributed by atoms with Crippen LogP contribution < -0.4 is 10.5 Å². The summed E-state index contributed by atoms with van der Waals surface area (Å²) in [6.45, 7) is 2.21. The van der Waals surface area contributed by atoms with Crippen LogP contribution in [0.15, 0.2) is 6.20 Å². The zero-order valence-electron chi connectivity index (χ0n) is 11.7. The number of nitro groups is 1. The van der Waals surface area contributed by atoms with E-state index in [0.717, 1.165) is 6.20 Å². The smallest absolute Gasteiger partial charge is 0.349 e. The van der Waals surface area contributed by atoms with E-state index in [-0.39, 0.29) is 30.7 Å². The summed E-state index contributed by atoms with van der Waals surface area (Å²) in [6, 6.07) is 0. The Morgan fingerprint density at radius 2 is 1.81 bits per heavy atom. The highest BCUT2D eigenvalue weighted by Gasteiger charge is 2.18. The van der Waals surface area contributed by atoms with Crippen LogP contribution in [0.3, 0.4) is 0 Å². The third-order valence-electron chi connectivity index (χ3n) is 2.22. The first-order valence-corrected chi connectivity index (χ1v) is 6.19. The fourth-order valence-electron chi connectivity index (χ4n) is 1.27. The molecule has 10 nitrogen and oxygen atoms in total. The van der Waals surface area contributed by atoms with Gasteiger partial charge < -0.3 is 24.7 Å². The molecular weight excluding hydrogens is 284 g/mol. The maximum atomic E-state index is 10.7. The average Bonchev–Trinajstić information content (AvgIpc) is 2.45. The topological polar surface area (TPSA) is 132 Å². The van der Waals surface area contributed by atoms with Gasteiger partial charge in [0.05, 0.1) is 38.0 Å². The number of nitrogens with zero attached hydrogens (tertiary/aromatic N) is 3. The van der Waals surface area contributed by atoms with Gasteiger partial charge in [-0.25, -0.2) is 4.98 Å². The van der Waals surface area contributed by atoms with Gasteiger partial charge in [0.2, 0.25) is 5.95 Å². The van der Waals surface area contributed by atoms with Crippen LogP contribution in [0.5, 0.6) is 5.88 Å². The van der Waals surface area contributed by atoms with E-state index in [4.69, 9.17) is 24.7 Å². The van der Waals surface area contributed by atoms with Gasteiger partial charge in [-0.3, -0.25) is 10.1 Å². The number of hydrogen-bond donors (Lipinski definition) is 1. The number of nitrogen functional groups attached to an aromatic ring is 1. The van der Waals surface area contributed by atoms with Gasteiger partial charge in [0.25, 0.3) is 5.88 Å². The molecule has 0 unspecified atom stereocenters. The standard InChI is InChI=1S/C11H18N4O6/c1-18-2-3-19-4-5-20-6-7-21-10-9(15(16)17)8-13-11(12)14-10/h8H,2-7H2,1H3,(H2,12,13,14). The molecule has 0 saturated heterocycles. The van der Waals surface area contributed by atoms with E-state index in [1.54, 1.807) is 7.11 Å². The van der Waals surface area contributed by atoms with E-state index in [1.807, 2.05) is 0 Å². The summed E-state index contributed by atoms with van der Waals surface area (Å²) in [5, 5.41) is 10.7. The minimum Gasteiger partial charge on any atom is -0.470 e. The molecule has 0 spiro atoms. The first-order valence-electron chi connectivity index (χ1n) is 6.19. The molecule has 10 heteroatoms. The van der Waals surface area contributed by atoms with Gasteiger partial charge >= 0.3 is 5.69 Å². The molecular formula is C11H18N4O6. The Morgan fingerprint density at radius 3 is 2.43 bits per heavy atom. The molecule has 1 aromatic heterocycles. The highest BCUT2D eigenvalue weighted by molar-refractivity contribution is 5.41. The summed E-state index contributed by atoms with van der Waals surface area (Å²) >= 11 is 0. The van der Waals surface area contributed by atoms with E-state index in [1.165, 1.54) is 0 Å². The molecule has 1 aromatic rings. The van der Waals surface area contributed by atoms with Gasteiger partial charge in [0.15, 0.2) is 0 Å². The lowest BCUT2D eigenvalue weighted by atomic mass is 10.5. The van der Waals surface area contributed by atoms with E-state index < -0.39 is 4.92 Å². The van der Waals surface area contributed by atoms with Crippen molar-refractivity contribution in [1.29, 1.82) is 0 Å². The van der Waals surface area contributed by atoms with Crippen molar-refractivity contribution in [1.82, 2.24) is 9.97 Å². The van der Waals surface area contributed by atoms with Gasteiger partial charge in [0, 0.05) is 7.11 Å². The highest BCUT2D eigenvalue weighted by atomic mass is 16.6. The molecule has 0 saturated carbocycles. The molecule has 21 heavy (non-hydrogen) atoms. The van der Waals surface area contributed by atoms with Crippen LogP contribution in [0.25, 0.3) is 0 Å². The molecule has 118 valence electrons. The van der Waals surface area contributed by atoms with Crippen LogP contribution >= 0.6 is 0 Å². The lowest BCUT2D eigenvalue weighted by Gasteiger charge is -2.07. The van der Waals surface area contributed by atoms with Gasteiger partial charge in [-0.05, 0) is 0 Å².